The molecule has 1 amide bonds. The van der Waals surface area contributed by atoms with Gasteiger partial charge in [-0.1, -0.05) is 24.3 Å². The van der Waals surface area contributed by atoms with Gasteiger partial charge in [0.25, 0.3) is 5.91 Å². The number of carbonyl (C=O) groups excluding carboxylic acids is 1. The van der Waals surface area contributed by atoms with E-state index < -0.39 is 11.2 Å². The van der Waals surface area contributed by atoms with Crippen LogP contribution in [0.15, 0.2) is 53.4 Å². The van der Waals surface area contributed by atoms with Crippen molar-refractivity contribution in [3.63, 3.8) is 0 Å². The molecule has 142 valence electrons. The van der Waals surface area contributed by atoms with E-state index in [9.17, 15) is 9.59 Å². The minimum Gasteiger partial charge on any atom is -0.497 e. The molecule has 2 atom stereocenters. The van der Waals surface area contributed by atoms with Gasteiger partial charge in [-0.3, -0.25) is 9.59 Å². The number of hydrogen-bond donors (Lipinski definition) is 1. The molecule has 0 bridgehead atoms. The van der Waals surface area contributed by atoms with Gasteiger partial charge in [0.15, 0.2) is 0 Å². The van der Waals surface area contributed by atoms with Crippen LogP contribution in [-0.4, -0.2) is 47.3 Å². The fraction of sp³-hybridized carbons (Fsp3) is 0.333. The highest BCUT2D eigenvalue weighted by Crippen LogP contribution is 2.32. The zero-order chi connectivity index (χ0) is 19.4. The Hall–Kier alpha value is -2.47. The second-order valence-corrected chi connectivity index (χ2v) is 7.99. The Morgan fingerprint density at radius 2 is 1.89 bits per heavy atom. The molecule has 0 spiro atoms. The molecule has 1 aliphatic rings. The highest BCUT2D eigenvalue weighted by Gasteiger charge is 2.29. The maximum Gasteiger partial charge on any atom is 0.316 e. The smallest absolute Gasteiger partial charge is 0.316 e. The molecule has 1 N–H and O–H groups in total. The minimum absolute atomic E-state index is 0.0355. The van der Waals surface area contributed by atoms with E-state index in [4.69, 9.17) is 9.84 Å². The molecule has 3 rings (SSSR count). The molecule has 1 heterocycles. The third-order valence-electron chi connectivity index (χ3n) is 4.83. The van der Waals surface area contributed by atoms with Gasteiger partial charge in [-0.05, 0) is 43.2 Å². The van der Waals surface area contributed by atoms with Crippen molar-refractivity contribution in [1.29, 1.82) is 0 Å². The van der Waals surface area contributed by atoms with Crippen LogP contribution in [0.25, 0.3) is 0 Å². The zero-order valence-electron chi connectivity index (χ0n) is 15.4. The lowest BCUT2D eigenvalue weighted by Crippen LogP contribution is -2.29. The quantitative estimate of drug-likeness (QED) is 0.764. The second kappa shape index (κ2) is 8.48. The van der Waals surface area contributed by atoms with Crippen molar-refractivity contribution in [1.82, 2.24) is 4.90 Å². The van der Waals surface area contributed by atoms with Crippen molar-refractivity contribution in [2.75, 3.05) is 20.2 Å². The van der Waals surface area contributed by atoms with E-state index in [0.717, 1.165) is 12.2 Å². The van der Waals surface area contributed by atoms with Gasteiger partial charge in [0.1, 0.15) is 11.0 Å². The maximum absolute atomic E-state index is 13.0. The van der Waals surface area contributed by atoms with Crippen molar-refractivity contribution in [3.8, 4) is 5.75 Å². The van der Waals surface area contributed by atoms with Crippen molar-refractivity contribution in [2.24, 2.45) is 0 Å². The predicted molar refractivity (Wildman–Crippen MR) is 106 cm³/mol. The summed E-state index contributed by atoms with van der Waals surface area (Å²) < 4.78 is 5.20. The van der Waals surface area contributed by atoms with Gasteiger partial charge in [-0.15, -0.1) is 11.8 Å². The molecule has 1 aliphatic heterocycles. The van der Waals surface area contributed by atoms with Crippen molar-refractivity contribution in [3.05, 3.63) is 59.7 Å². The fourth-order valence-corrected chi connectivity index (χ4v) is 4.17. The first-order valence-corrected chi connectivity index (χ1v) is 9.79. The number of nitrogens with zero attached hydrogens (tertiary/aromatic N) is 1. The van der Waals surface area contributed by atoms with Crippen LogP contribution in [-0.2, 0) is 4.79 Å². The Bertz CT molecular complexity index is 821. The number of benzene rings is 2. The summed E-state index contributed by atoms with van der Waals surface area (Å²) in [5, 5.41) is 8.55. The number of likely N-dealkylation sites (tertiary alicyclic amines) is 1. The molecule has 2 aromatic rings. The number of rotatable bonds is 6. The number of amides is 1. The molecule has 1 saturated heterocycles. The van der Waals surface area contributed by atoms with Crippen LogP contribution in [0, 0.1) is 0 Å². The summed E-state index contributed by atoms with van der Waals surface area (Å²) in [4.78, 5) is 26.8. The van der Waals surface area contributed by atoms with Crippen LogP contribution in [0.3, 0.4) is 0 Å². The summed E-state index contributed by atoms with van der Waals surface area (Å²) >= 11 is 1.21. The number of carbonyl (C=O) groups is 2. The lowest BCUT2D eigenvalue weighted by Gasteiger charge is -2.19. The Balaban J connectivity index is 1.72. The number of hydrogen-bond acceptors (Lipinski definition) is 4. The van der Waals surface area contributed by atoms with E-state index in [1.165, 1.54) is 17.3 Å². The SMILES string of the molecule is COc1ccc(C2CCN(C(=O)c3ccccc3SC(C)C(=O)O)C2)cc1. The van der Waals surface area contributed by atoms with E-state index in [1.54, 1.807) is 20.1 Å². The summed E-state index contributed by atoms with van der Waals surface area (Å²) in [5.41, 5.74) is 1.78. The lowest BCUT2D eigenvalue weighted by molar-refractivity contribution is -0.136. The number of carboxylic acid groups (broad SMARTS) is 1. The molecule has 5 nitrogen and oxygen atoms in total. The van der Waals surface area contributed by atoms with E-state index >= 15 is 0 Å². The molecule has 0 saturated carbocycles. The standard InChI is InChI=1S/C21H23NO4S/c1-14(21(24)25)27-19-6-4-3-5-18(19)20(23)22-12-11-16(13-22)15-7-9-17(26-2)10-8-15/h3-10,14,16H,11-13H2,1-2H3,(H,24,25). The first-order chi connectivity index (χ1) is 13.0. The molecule has 2 aromatic carbocycles. The lowest BCUT2D eigenvalue weighted by atomic mass is 9.98. The largest absolute Gasteiger partial charge is 0.497 e. The van der Waals surface area contributed by atoms with Crippen molar-refractivity contribution in [2.45, 2.75) is 29.4 Å². The van der Waals surface area contributed by atoms with Crippen molar-refractivity contribution >= 4 is 23.6 Å². The second-order valence-electron chi connectivity index (χ2n) is 6.60. The Labute approximate surface area is 163 Å². The molecule has 1 fully saturated rings. The average molecular weight is 385 g/mol. The number of ether oxygens (including phenoxy) is 1. The third kappa shape index (κ3) is 4.45. The Morgan fingerprint density at radius 3 is 2.56 bits per heavy atom. The summed E-state index contributed by atoms with van der Waals surface area (Å²) in [7, 11) is 1.64. The molecular formula is C21H23NO4S. The molecule has 6 heteroatoms. The van der Waals surface area contributed by atoms with Crippen LogP contribution < -0.4 is 4.74 Å². The molecule has 0 aromatic heterocycles. The van der Waals surface area contributed by atoms with Gasteiger partial charge >= 0.3 is 5.97 Å². The number of thioether (sulfide) groups is 1. The molecule has 0 radical (unpaired) electrons. The molecule has 0 aliphatic carbocycles. The van der Waals surface area contributed by atoms with Gasteiger partial charge in [-0.2, -0.15) is 0 Å². The highest BCUT2D eigenvalue weighted by atomic mass is 32.2. The Morgan fingerprint density at radius 1 is 1.19 bits per heavy atom. The summed E-state index contributed by atoms with van der Waals surface area (Å²) in [6, 6.07) is 15.2. The summed E-state index contributed by atoms with van der Waals surface area (Å²) in [6.07, 6.45) is 0.916. The van der Waals surface area contributed by atoms with E-state index in [1.807, 2.05) is 35.2 Å². The van der Waals surface area contributed by atoms with E-state index in [0.29, 0.717) is 29.5 Å². The number of methoxy groups -OCH3 is 1. The van der Waals surface area contributed by atoms with Crippen LogP contribution in [0.2, 0.25) is 0 Å². The summed E-state index contributed by atoms with van der Waals surface area (Å²) in [6.45, 7) is 2.99. The topological polar surface area (TPSA) is 66.8 Å². The van der Waals surface area contributed by atoms with E-state index in [2.05, 4.69) is 12.1 Å². The fourth-order valence-electron chi connectivity index (χ4n) is 3.25. The summed E-state index contributed by atoms with van der Waals surface area (Å²) in [5.74, 6) is 0.204. The van der Waals surface area contributed by atoms with Gasteiger partial charge in [0, 0.05) is 23.9 Å². The van der Waals surface area contributed by atoms with E-state index in [-0.39, 0.29) is 5.91 Å². The van der Waals surface area contributed by atoms with Crippen LogP contribution in [0.4, 0.5) is 0 Å². The number of aliphatic carboxylic acids is 1. The predicted octanol–water partition coefficient (Wildman–Crippen LogP) is 3.89. The van der Waals surface area contributed by atoms with Crippen LogP contribution in [0.5, 0.6) is 5.75 Å². The third-order valence-corrected chi connectivity index (χ3v) is 6.00. The number of carboxylic acids is 1. The molecule has 27 heavy (non-hydrogen) atoms. The minimum atomic E-state index is -0.886. The first-order valence-electron chi connectivity index (χ1n) is 8.91. The monoisotopic (exact) mass is 385 g/mol. The normalized spacial score (nSPS) is 17.6. The first kappa shape index (κ1) is 19.3. The highest BCUT2D eigenvalue weighted by molar-refractivity contribution is 8.00. The van der Waals surface area contributed by atoms with Crippen LogP contribution >= 0.6 is 11.8 Å². The van der Waals surface area contributed by atoms with Gasteiger partial charge in [0.05, 0.1) is 12.7 Å². The Kier molecular flexibility index (Phi) is 6.06. The van der Waals surface area contributed by atoms with Gasteiger partial charge < -0.3 is 14.7 Å². The van der Waals surface area contributed by atoms with Gasteiger partial charge in [-0.25, -0.2) is 0 Å². The molecular weight excluding hydrogens is 362 g/mol. The maximum atomic E-state index is 13.0. The average Bonchev–Trinajstić information content (AvgIpc) is 3.18. The van der Waals surface area contributed by atoms with Gasteiger partial charge in [0.2, 0.25) is 0 Å². The zero-order valence-corrected chi connectivity index (χ0v) is 16.2. The van der Waals surface area contributed by atoms with Crippen LogP contribution in [0.1, 0.15) is 35.2 Å². The van der Waals surface area contributed by atoms with Crippen molar-refractivity contribution < 1.29 is 19.4 Å². The molecule has 2 unspecified atom stereocenters.